The normalized spacial score (nSPS) is 34.2. The molecule has 1 saturated heterocycles. The quantitative estimate of drug-likeness (QED) is 0.548. The minimum atomic E-state index is -0.741. The van der Waals surface area contributed by atoms with Crippen LogP contribution in [-0.4, -0.2) is 24.3 Å². The first-order chi connectivity index (χ1) is 8.11. The van der Waals surface area contributed by atoms with Crippen molar-refractivity contribution >= 4 is 5.97 Å². The first kappa shape index (κ1) is 10.8. The zero-order valence-electron chi connectivity index (χ0n) is 10.2. The lowest BCUT2D eigenvalue weighted by atomic mass is 9.77. The maximum atomic E-state index is 11.7. The van der Waals surface area contributed by atoms with Crippen molar-refractivity contribution in [1.29, 1.82) is 0 Å². The fourth-order valence-corrected chi connectivity index (χ4v) is 2.99. The average Bonchev–Trinajstić information content (AvgIpc) is 2.93. The van der Waals surface area contributed by atoms with Crippen LogP contribution in [0.3, 0.4) is 0 Å². The highest BCUT2D eigenvalue weighted by Gasteiger charge is 2.72. The van der Waals surface area contributed by atoms with Gasteiger partial charge in [-0.25, -0.2) is 4.79 Å². The van der Waals surface area contributed by atoms with Crippen LogP contribution in [0.15, 0.2) is 24.3 Å². The highest BCUT2D eigenvalue weighted by molar-refractivity contribution is 5.84. The Bertz CT molecular complexity index is 482. The Balaban J connectivity index is 1.89. The molecule has 1 aliphatic carbocycles. The number of fused-ring (bicyclic) bond motifs is 1. The summed E-state index contributed by atoms with van der Waals surface area (Å²) < 4.78 is 10.6. The third-order valence-corrected chi connectivity index (χ3v) is 4.19. The van der Waals surface area contributed by atoms with E-state index in [1.807, 2.05) is 13.0 Å². The van der Waals surface area contributed by atoms with Gasteiger partial charge in [-0.05, 0) is 30.9 Å². The summed E-state index contributed by atoms with van der Waals surface area (Å²) in [6, 6.07) is 8.37. The Morgan fingerprint density at radius 3 is 2.76 bits per heavy atom. The van der Waals surface area contributed by atoms with Gasteiger partial charge >= 0.3 is 5.97 Å². The van der Waals surface area contributed by atoms with Crippen molar-refractivity contribution in [3.8, 4) is 0 Å². The van der Waals surface area contributed by atoms with Crippen molar-refractivity contribution in [2.75, 3.05) is 7.11 Å². The molecule has 1 heterocycles. The van der Waals surface area contributed by atoms with Gasteiger partial charge in [-0.15, -0.1) is 0 Å². The van der Waals surface area contributed by atoms with E-state index in [9.17, 15) is 4.79 Å². The highest BCUT2D eigenvalue weighted by atomic mass is 16.7. The maximum Gasteiger partial charge on any atom is 0.340 e. The van der Waals surface area contributed by atoms with Crippen LogP contribution in [0.4, 0.5) is 0 Å². The van der Waals surface area contributed by atoms with Crippen LogP contribution in [-0.2, 0) is 27.1 Å². The third-order valence-electron chi connectivity index (χ3n) is 4.19. The van der Waals surface area contributed by atoms with Gasteiger partial charge in [0.25, 0.3) is 0 Å². The molecule has 1 aromatic rings. The first-order valence-corrected chi connectivity index (χ1v) is 5.97. The number of carbonyl (C=O) groups excluding carboxylic acids is 1. The topological polar surface area (TPSA) is 38.8 Å². The largest absolute Gasteiger partial charge is 0.467 e. The molecule has 2 unspecified atom stereocenters. The van der Waals surface area contributed by atoms with E-state index in [1.165, 1.54) is 18.2 Å². The maximum absolute atomic E-state index is 11.7. The monoisotopic (exact) mass is 232 g/mol. The minimum absolute atomic E-state index is 0.253. The SMILES string of the molecule is COC(=O)C1(C)OC12CCc1ccccc1C2. The van der Waals surface area contributed by atoms with Crippen molar-refractivity contribution in [2.24, 2.45) is 0 Å². The van der Waals surface area contributed by atoms with E-state index in [2.05, 4.69) is 18.2 Å². The molecule has 1 aromatic carbocycles. The number of esters is 1. The molecule has 3 rings (SSSR count). The zero-order valence-corrected chi connectivity index (χ0v) is 10.2. The molecule has 3 heteroatoms. The van der Waals surface area contributed by atoms with E-state index in [4.69, 9.17) is 9.47 Å². The zero-order chi connectivity index (χ0) is 12.1. The van der Waals surface area contributed by atoms with E-state index in [-0.39, 0.29) is 11.6 Å². The van der Waals surface area contributed by atoms with Gasteiger partial charge < -0.3 is 9.47 Å². The number of benzene rings is 1. The summed E-state index contributed by atoms with van der Waals surface area (Å²) in [7, 11) is 1.42. The number of carbonyl (C=O) groups is 1. The molecular formula is C14H16O3. The Kier molecular flexibility index (Phi) is 2.11. The van der Waals surface area contributed by atoms with Gasteiger partial charge in [-0.3, -0.25) is 0 Å². The second-order valence-corrected chi connectivity index (χ2v) is 5.07. The van der Waals surface area contributed by atoms with Crippen LogP contribution in [0.25, 0.3) is 0 Å². The predicted molar refractivity (Wildman–Crippen MR) is 62.7 cm³/mol. The molecule has 0 aromatic heterocycles. The molecule has 2 atom stereocenters. The van der Waals surface area contributed by atoms with Crippen molar-refractivity contribution in [3.63, 3.8) is 0 Å². The van der Waals surface area contributed by atoms with Crippen LogP contribution >= 0.6 is 0 Å². The highest BCUT2D eigenvalue weighted by Crippen LogP contribution is 2.55. The Morgan fingerprint density at radius 1 is 1.35 bits per heavy atom. The lowest BCUT2D eigenvalue weighted by Gasteiger charge is -2.23. The van der Waals surface area contributed by atoms with Crippen LogP contribution in [0.5, 0.6) is 0 Å². The number of epoxide rings is 1. The number of aryl methyl sites for hydroxylation is 1. The number of hydrogen-bond donors (Lipinski definition) is 0. The Labute approximate surface area is 101 Å². The molecule has 0 N–H and O–H groups in total. The smallest absolute Gasteiger partial charge is 0.340 e. The number of ether oxygens (including phenoxy) is 2. The lowest BCUT2D eigenvalue weighted by molar-refractivity contribution is -0.146. The minimum Gasteiger partial charge on any atom is -0.467 e. The summed E-state index contributed by atoms with van der Waals surface area (Å²) in [4.78, 5) is 11.7. The molecular weight excluding hydrogens is 216 g/mol. The molecule has 0 bridgehead atoms. The van der Waals surface area contributed by atoms with Crippen molar-refractivity contribution < 1.29 is 14.3 Å². The molecule has 0 radical (unpaired) electrons. The molecule has 1 fully saturated rings. The molecule has 0 saturated carbocycles. The Hall–Kier alpha value is -1.35. The molecule has 1 spiro atoms. The van der Waals surface area contributed by atoms with Crippen molar-refractivity contribution in [2.45, 2.75) is 37.4 Å². The molecule has 0 amide bonds. The van der Waals surface area contributed by atoms with Crippen LogP contribution in [0, 0.1) is 0 Å². The van der Waals surface area contributed by atoms with Crippen LogP contribution in [0.1, 0.15) is 24.5 Å². The van der Waals surface area contributed by atoms with Gasteiger partial charge in [0.05, 0.1) is 7.11 Å². The summed E-state index contributed by atoms with van der Waals surface area (Å²) >= 11 is 0. The molecule has 1 aliphatic heterocycles. The first-order valence-electron chi connectivity index (χ1n) is 5.97. The van der Waals surface area contributed by atoms with Gasteiger partial charge in [0.15, 0.2) is 5.60 Å². The molecule has 3 nitrogen and oxygen atoms in total. The number of rotatable bonds is 1. The van der Waals surface area contributed by atoms with Gasteiger partial charge in [0.1, 0.15) is 5.60 Å². The van der Waals surface area contributed by atoms with Crippen LogP contribution in [0.2, 0.25) is 0 Å². The molecule has 2 aliphatic rings. The summed E-state index contributed by atoms with van der Waals surface area (Å²) in [5.41, 5.74) is 1.61. The fourth-order valence-electron chi connectivity index (χ4n) is 2.99. The molecule has 17 heavy (non-hydrogen) atoms. The fraction of sp³-hybridized carbons (Fsp3) is 0.500. The lowest BCUT2D eigenvalue weighted by Crippen LogP contribution is -2.36. The number of methoxy groups -OCH3 is 1. The number of hydrogen-bond acceptors (Lipinski definition) is 3. The van der Waals surface area contributed by atoms with Gasteiger partial charge in [0, 0.05) is 6.42 Å². The van der Waals surface area contributed by atoms with E-state index >= 15 is 0 Å². The van der Waals surface area contributed by atoms with E-state index in [0.29, 0.717) is 0 Å². The predicted octanol–water partition coefficient (Wildman–Crippen LogP) is 1.88. The van der Waals surface area contributed by atoms with Gasteiger partial charge in [-0.1, -0.05) is 24.3 Å². The summed E-state index contributed by atoms with van der Waals surface area (Å²) in [5, 5.41) is 0. The standard InChI is InChI=1S/C14H16O3/c1-13(12(15)16-2)14(17-13)8-7-10-5-3-4-6-11(10)9-14/h3-6H,7-9H2,1-2H3. The van der Waals surface area contributed by atoms with Gasteiger partial charge in [0.2, 0.25) is 0 Å². The van der Waals surface area contributed by atoms with E-state index in [0.717, 1.165) is 19.3 Å². The van der Waals surface area contributed by atoms with E-state index in [1.54, 1.807) is 0 Å². The second-order valence-electron chi connectivity index (χ2n) is 5.07. The summed E-state index contributed by atoms with van der Waals surface area (Å²) in [6.07, 6.45) is 2.69. The van der Waals surface area contributed by atoms with Crippen molar-refractivity contribution in [3.05, 3.63) is 35.4 Å². The Morgan fingerprint density at radius 2 is 2.06 bits per heavy atom. The van der Waals surface area contributed by atoms with Crippen molar-refractivity contribution in [1.82, 2.24) is 0 Å². The second kappa shape index (κ2) is 3.33. The van der Waals surface area contributed by atoms with E-state index < -0.39 is 5.60 Å². The summed E-state index contributed by atoms with van der Waals surface area (Å²) in [6.45, 7) is 1.84. The van der Waals surface area contributed by atoms with Gasteiger partial charge in [-0.2, -0.15) is 0 Å². The van der Waals surface area contributed by atoms with Crippen LogP contribution < -0.4 is 0 Å². The average molecular weight is 232 g/mol. The third kappa shape index (κ3) is 1.35. The summed E-state index contributed by atoms with van der Waals surface area (Å²) in [5.74, 6) is -0.253. The molecule has 90 valence electrons.